The summed E-state index contributed by atoms with van der Waals surface area (Å²) in [5.41, 5.74) is 9.76. The van der Waals surface area contributed by atoms with Crippen LogP contribution in [-0.4, -0.2) is 50.9 Å². The topological polar surface area (TPSA) is 132 Å². The molecule has 0 aliphatic carbocycles. The van der Waals surface area contributed by atoms with Crippen molar-refractivity contribution in [2.24, 2.45) is 5.73 Å². The van der Waals surface area contributed by atoms with Gasteiger partial charge in [-0.1, -0.05) is 96.2 Å². The van der Waals surface area contributed by atoms with Crippen LogP contribution in [0, 0.1) is 0 Å². The molecule has 4 rings (SSSR count). The summed E-state index contributed by atoms with van der Waals surface area (Å²) >= 11 is 1.74. The van der Waals surface area contributed by atoms with E-state index >= 15 is 0 Å². The minimum absolute atomic E-state index is 0.0256. The molecule has 3 aromatic carbocycles. The van der Waals surface area contributed by atoms with E-state index in [-0.39, 0.29) is 30.7 Å². The number of carbonyl (C=O) groups is 3. The first-order valence-corrected chi connectivity index (χ1v) is 15.9. The maximum Gasteiger partial charge on any atom is 0.241 e. The van der Waals surface area contributed by atoms with Gasteiger partial charge < -0.3 is 16.4 Å². The van der Waals surface area contributed by atoms with Crippen LogP contribution in [-0.2, 0) is 32.2 Å². The fourth-order valence-electron chi connectivity index (χ4n) is 4.96. The van der Waals surface area contributed by atoms with Gasteiger partial charge in [-0.25, -0.2) is 4.68 Å². The van der Waals surface area contributed by atoms with Crippen LogP contribution in [0.5, 0.6) is 0 Å². The summed E-state index contributed by atoms with van der Waals surface area (Å²) in [6, 6.07) is 30.8. The number of unbranched alkanes of at least 4 members (excludes halogenated alkanes) is 1. The van der Waals surface area contributed by atoms with Gasteiger partial charge in [-0.05, 0) is 42.9 Å². The lowest BCUT2D eigenvalue weighted by molar-refractivity contribution is -0.122. The van der Waals surface area contributed by atoms with E-state index in [1.54, 1.807) is 18.0 Å². The number of carbonyl (C=O) groups excluding carboxylic acids is 3. The summed E-state index contributed by atoms with van der Waals surface area (Å²) < 4.78 is 0.973. The van der Waals surface area contributed by atoms with Crippen LogP contribution >= 0.6 is 11.8 Å². The van der Waals surface area contributed by atoms with E-state index < -0.39 is 10.8 Å². The van der Waals surface area contributed by atoms with Gasteiger partial charge in [0.2, 0.25) is 11.8 Å². The number of rotatable bonds is 17. The van der Waals surface area contributed by atoms with Gasteiger partial charge >= 0.3 is 0 Å². The zero-order chi connectivity index (χ0) is 31.2. The standard InChI is InChI=1S/C34H40N6O3S/c1-26(41)31(35)19-11-12-21-36-33(43)25-40-24-30(38-39-40)23-37-32(42)20-22-44-34(27-13-5-2-6-14-27,28-15-7-3-8-16-28)29-17-9-4-10-18-29/h2-10,13-18,24,31H,11-12,19-23,25,35H2,1H3,(H,36,43)(H,37,42). The smallest absolute Gasteiger partial charge is 0.241 e. The van der Waals surface area contributed by atoms with Crippen LogP contribution in [0.4, 0.5) is 0 Å². The summed E-state index contributed by atoms with van der Waals surface area (Å²) in [4.78, 5) is 36.3. The minimum atomic E-state index is -0.477. The van der Waals surface area contributed by atoms with Crippen molar-refractivity contribution in [2.75, 3.05) is 12.3 Å². The first-order valence-electron chi connectivity index (χ1n) is 14.9. The molecule has 0 spiro atoms. The first-order chi connectivity index (χ1) is 21.4. The summed E-state index contributed by atoms with van der Waals surface area (Å²) in [7, 11) is 0. The summed E-state index contributed by atoms with van der Waals surface area (Å²) in [6.07, 6.45) is 4.09. The van der Waals surface area contributed by atoms with Crippen molar-refractivity contribution in [1.29, 1.82) is 0 Å². The molecule has 4 aromatic rings. The molecule has 1 unspecified atom stereocenters. The van der Waals surface area contributed by atoms with Gasteiger partial charge in [-0.15, -0.1) is 16.9 Å². The van der Waals surface area contributed by atoms with Gasteiger partial charge in [0.05, 0.1) is 23.5 Å². The second-order valence-corrected chi connectivity index (χ2v) is 11.9. The third kappa shape index (κ3) is 9.11. The zero-order valence-electron chi connectivity index (χ0n) is 25.0. The highest BCUT2D eigenvalue weighted by Crippen LogP contribution is 2.48. The number of aromatic nitrogens is 3. The van der Waals surface area contributed by atoms with E-state index in [2.05, 4.69) is 93.7 Å². The molecule has 0 saturated carbocycles. The Kier molecular flexibility index (Phi) is 12.3. The fraction of sp³-hybridized carbons (Fsp3) is 0.324. The largest absolute Gasteiger partial charge is 0.354 e. The van der Waals surface area contributed by atoms with E-state index in [1.807, 2.05) is 18.2 Å². The highest BCUT2D eigenvalue weighted by Gasteiger charge is 2.36. The van der Waals surface area contributed by atoms with Gasteiger partial charge in [0, 0.05) is 18.7 Å². The second kappa shape index (κ2) is 16.5. The molecule has 0 fully saturated rings. The number of nitrogens with two attached hydrogens (primary N) is 1. The fourth-order valence-corrected chi connectivity index (χ4v) is 6.46. The van der Waals surface area contributed by atoms with Crippen molar-refractivity contribution < 1.29 is 14.4 Å². The molecular formula is C34H40N6O3S. The Morgan fingerprint density at radius 3 is 1.95 bits per heavy atom. The molecule has 4 N–H and O–H groups in total. The Hall–Kier alpha value is -4.28. The molecule has 230 valence electrons. The van der Waals surface area contributed by atoms with Crippen LogP contribution in [0.2, 0.25) is 0 Å². The summed E-state index contributed by atoms with van der Waals surface area (Å²) in [5, 5.41) is 13.9. The van der Waals surface area contributed by atoms with Gasteiger partial charge in [-0.3, -0.25) is 14.4 Å². The molecule has 0 saturated heterocycles. The normalized spacial score (nSPS) is 12.0. The Morgan fingerprint density at radius 1 is 0.841 bits per heavy atom. The lowest BCUT2D eigenvalue weighted by atomic mass is 9.84. The molecule has 0 aliphatic rings. The van der Waals surface area contributed by atoms with Crippen molar-refractivity contribution in [3.05, 3.63) is 120 Å². The number of hydrogen-bond acceptors (Lipinski definition) is 7. The molecular weight excluding hydrogens is 572 g/mol. The summed E-state index contributed by atoms with van der Waals surface area (Å²) in [5.74, 6) is 0.301. The average molecular weight is 613 g/mol. The molecule has 44 heavy (non-hydrogen) atoms. The minimum Gasteiger partial charge on any atom is -0.354 e. The Bertz CT molecular complexity index is 1380. The molecule has 0 bridgehead atoms. The van der Waals surface area contributed by atoms with E-state index in [4.69, 9.17) is 5.73 Å². The van der Waals surface area contributed by atoms with Crippen LogP contribution < -0.4 is 16.4 Å². The molecule has 1 atom stereocenters. The third-order valence-electron chi connectivity index (χ3n) is 7.33. The van der Waals surface area contributed by atoms with Gasteiger partial charge in [0.25, 0.3) is 0 Å². The molecule has 1 heterocycles. The van der Waals surface area contributed by atoms with E-state index in [1.165, 1.54) is 11.6 Å². The van der Waals surface area contributed by atoms with E-state index in [0.29, 0.717) is 30.8 Å². The van der Waals surface area contributed by atoms with Crippen molar-refractivity contribution in [3.8, 4) is 0 Å². The Balaban J connectivity index is 1.28. The summed E-state index contributed by atoms with van der Waals surface area (Å²) in [6.45, 7) is 2.24. The number of Topliss-reactive ketones (excluding diaryl/α,β-unsaturated/α-hetero) is 1. The molecule has 2 amide bonds. The molecule has 1 aromatic heterocycles. The number of nitrogens with one attached hydrogen (secondary N) is 2. The van der Waals surface area contributed by atoms with Crippen molar-refractivity contribution in [3.63, 3.8) is 0 Å². The van der Waals surface area contributed by atoms with Crippen LogP contribution in [0.15, 0.2) is 97.2 Å². The van der Waals surface area contributed by atoms with E-state index in [0.717, 1.165) is 29.5 Å². The van der Waals surface area contributed by atoms with E-state index in [9.17, 15) is 14.4 Å². The highest BCUT2D eigenvalue weighted by atomic mass is 32.2. The van der Waals surface area contributed by atoms with Crippen LogP contribution in [0.3, 0.4) is 0 Å². The quantitative estimate of drug-likeness (QED) is 0.120. The lowest BCUT2D eigenvalue weighted by Crippen LogP contribution is -2.30. The second-order valence-electron chi connectivity index (χ2n) is 10.6. The van der Waals surface area contributed by atoms with Crippen LogP contribution in [0.1, 0.15) is 55.0 Å². The van der Waals surface area contributed by atoms with Crippen LogP contribution in [0.25, 0.3) is 0 Å². The maximum absolute atomic E-state index is 12.9. The number of nitrogens with zero attached hydrogens (tertiary/aromatic N) is 3. The SMILES string of the molecule is CC(=O)C(N)CCCCNC(=O)Cn1cc(CNC(=O)CCSC(c2ccccc2)(c2ccccc2)c2ccccc2)nn1. The zero-order valence-corrected chi connectivity index (χ0v) is 25.8. The van der Waals surface area contributed by atoms with Crippen molar-refractivity contribution >= 4 is 29.4 Å². The maximum atomic E-state index is 12.9. The Labute approximate surface area is 263 Å². The number of thioether (sulfide) groups is 1. The number of ketones is 1. The van der Waals surface area contributed by atoms with Gasteiger partial charge in [-0.2, -0.15) is 0 Å². The third-order valence-corrected chi connectivity index (χ3v) is 8.88. The number of benzene rings is 3. The highest BCUT2D eigenvalue weighted by molar-refractivity contribution is 8.00. The predicted molar refractivity (Wildman–Crippen MR) is 174 cm³/mol. The molecule has 10 heteroatoms. The average Bonchev–Trinajstić information content (AvgIpc) is 3.50. The lowest BCUT2D eigenvalue weighted by Gasteiger charge is -2.35. The van der Waals surface area contributed by atoms with Crippen molar-refractivity contribution in [2.45, 2.75) is 56.5 Å². The van der Waals surface area contributed by atoms with Crippen molar-refractivity contribution in [1.82, 2.24) is 25.6 Å². The predicted octanol–water partition coefficient (Wildman–Crippen LogP) is 4.21. The number of amides is 2. The molecule has 0 aliphatic heterocycles. The molecule has 0 radical (unpaired) electrons. The Morgan fingerprint density at radius 2 is 1.41 bits per heavy atom. The monoisotopic (exact) mass is 612 g/mol. The first kappa shape index (κ1) is 32.6. The molecule has 9 nitrogen and oxygen atoms in total. The number of hydrogen-bond donors (Lipinski definition) is 3. The van der Waals surface area contributed by atoms with Gasteiger partial charge in [0.1, 0.15) is 18.0 Å². The van der Waals surface area contributed by atoms with Gasteiger partial charge in [0.15, 0.2) is 0 Å².